The van der Waals surface area contributed by atoms with E-state index in [1.807, 2.05) is 0 Å². The molecule has 1 aromatic heterocycles. The molecule has 90 valence electrons. The minimum absolute atomic E-state index is 0.125. The molecule has 1 atom stereocenters. The van der Waals surface area contributed by atoms with Crippen molar-refractivity contribution in [2.75, 3.05) is 23.6 Å². The fourth-order valence-electron chi connectivity index (χ4n) is 1.72. The molecule has 0 bridgehead atoms. The topological polar surface area (TPSA) is 96.9 Å². The van der Waals surface area contributed by atoms with Gasteiger partial charge in [0.25, 0.3) is 0 Å². The lowest BCUT2D eigenvalue weighted by Gasteiger charge is -2.22. The minimum Gasteiger partial charge on any atom is -0.316 e. The van der Waals surface area contributed by atoms with Gasteiger partial charge in [-0.1, -0.05) is 9.59 Å². The zero-order valence-electron chi connectivity index (χ0n) is 8.59. The van der Waals surface area contributed by atoms with Crippen LogP contribution in [0.2, 0.25) is 0 Å². The van der Waals surface area contributed by atoms with Crippen LogP contribution in [0.1, 0.15) is 12.8 Å². The van der Waals surface area contributed by atoms with E-state index in [-0.39, 0.29) is 16.8 Å². The van der Waals surface area contributed by atoms with E-state index in [0.29, 0.717) is 0 Å². The van der Waals surface area contributed by atoms with Gasteiger partial charge in [0.05, 0.1) is 5.75 Å². The van der Waals surface area contributed by atoms with Gasteiger partial charge in [-0.15, -0.1) is 0 Å². The molecule has 1 aliphatic heterocycles. The summed E-state index contributed by atoms with van der Waals surface area (Å²) in [4.78, 5) is 0. The molecule has 1 fully saturated rings. The summed E-state index contributed by atoms with van der Waals surface area (Å²) in [5, 5.41) is 10.3. The van der Waals surface area contributed by atoms with Gasteiger partial charge < -0.3 is 5.32 Å². The number of aromatic nitrogens is 3. The molecule has 2 rings (SSSR count). The van der Waals surface area contributed by atoms with Crippen LogP contribution in [-0.4, -0.2) is 42.1 Å². The quantitative estimate of drug-likeness (QED) is 0.772. The van der Waals surface area contributed by atoms with Crippen molar-refractivity contribution in [3.05, 3.63) is 0 Å². The summed E-state index contributed by atoms with van der Waals surface area (Å²) in [7, 11) is -3.33. The van der Waals surface area contributed by atoms with Crippen molar-refractivity contribution in [2.24, 2.45) is 5.92 Å². The lowest BCUT2D eigenvalue weighted by atomic mass is 10.0. The van der Waals surface area contributed by atoms with Gasteiger partial charge in [-0.05, 0) is 37.1 Å². The molecule has 1 unspecified atom stereocenters. The van der Waals surface area contributed by atoms with Crippen molar-refractivity contribution < 1.29 is 8.42 Å². The molecule has 0 spiro atoms. The summed E-state index contributed by atoms with van der Waals surface area (Å²) < 4.78 is 29.3. The second kappa shape index (κ2) is 5.02. The first-order valence-corrected chi connectivity index (χ1v) is 7.44. The zero-order valence-corrected chi connectivity index (χ0v) is 10.2. The van der Waals surface area contributed by atoms with Gasteiger partial charge in [-0.2, -0.15) is 0 Å². The van der Waals surface area contributed by atoms with Crippen molar-refractivity contribution >= 4 is 26.7 Å². The van der Waals surface area contributed by atoms with Crippen LogP contribution in [0.3, 0.4) is 0 Å². The third-order valence-electron chi connectivity index (χ3n) is 2.40. The molecule has 1 saturated heterocycles. The number of nitrogens with zero attached hydrogens (tertiary/aromatic N) is 3. The monoisotopic (exact) mass is 263 g/mol. The second-order valence-corrected chi connectivity index (χ2v) is 6.26. The van der Waals surface area contributed by atoms with Crippen molar-refractivity contribution in [3.8, 4) is 0 Å². The van der Waals surface area contributed by atoms with Crippen LogP contribution in [0.4, 0.5) is 5.13 Å². The molecule has 1 aliphatic rings. The largest absolute Gasteiger partial charge is 0.316 e. The van der Waals surface area contributed by atoms with E-state index in [9.17, 15) is 8.42 Å². The highest BCUT2D eigenvalue weighted by Gasteiger charge is 2.21. The molecule has 0 saturated carbocycles. The van der Waals surface area contributed by atoms with Crippen LogP contribution in [-0.2, 0) is 10.0 Å². The molecule has 9 heteroatoms. The first kappa shape index (κ1) is 11.7. The lowest BCUT2D eigenvalue weighted by molar-refractivity contribution is 0.404. The lowest BCUT2D eigenvalue weighted by Crippen LogP contribution is -2.35. The van der Waals surface area contributed by atoms with Gasteiger partial charge in [0.15, 0.2) is 0 Å². The molecule has 0 aromatic carbocycles. The highest BCUT2D eigenvalue weighted by molar-refractivity contribution is 7.92. The standard InChI is InChI=1S/C7H13N5O2S2/c13-16(14,10-7-9-11-12-15-7)5-6-2-1-3-8-4-6/h6,8H,1-5H2,(H,9,10,12). The van der Waals surface area contributed by atoms with Gasteiger partial charge in [0, 0.05) is 11.5 Å². The maximum absolute atomic E-state index is 11.7. The highest BCUT2D eigenvalue weighted by Crippen LogP contribution is 2.15. The summed E-state index contributed by atoms with van der Waals surface area (Å²) in [6.07, 6.45) is 1.98. The predicted octanol–water partition coefficient (Wildman–Crippen LogP) is -0.326. The smallest absolute Gasteiger partial charge is 0.238 e. The van der Waals surface area contributed by atoms with E-state index in [2.05, 4.69) is 24.8 Å². The fraction of sp³-hybridized carbons (Fsp3) is 0.857. The van der Waals surface area contributed by atoms with Gasteiger partial charge in [-0.25, -0.2) is 8.42 Å². The first-order chi connectivity index (χ1) is 7.66. The van der Waals surface area contributed by atoms with Crippen LogP contribution >= 0.6 is 11.5 Å². The summed E-state index contributed by atoms with van der Waals surface area (Å²) in [6, 6.07) is 0. The van der Waals surface area contributed by atoms with E-state index in [4.69, 9.17) is 0 Å². The molecule has 0 radical (unpaired) electrons. The summed E-state index contributed by atoms with van der Waals surface area (Å²) in [5.41, 5.74) is 0. The Morgan fingerprint density at radius 3 is 3.06 bits per heavy atom. The Balaban J connectivity index is 1.92. The maximum Gasteiger partial charge on any atom is 0.238 e. The molecular formula is C7H13N5O2S2. The maximum atomic E-state index is 11.7. The van der Waals surface area contributed by atoms with E-state index in [1.54, 1.807) is 0 Å². The Morgan fingerprint density at radius 1 is 1.56 bits per heavy atom. The van der Waals surface area contributed by atoms with Crippen LogP contribution in [0.25, 0.3) is 0 Å². The van der Waals surface area contributed by atoms with Crippen molar-refractivity contribution in [1.29, 1.82) is 0 Å². The zero-order chi connectivity index (χ0) is 11.4. The fourth-order valence-corrected chi connectivity index (χ4v) is 3.77. The molecule has 2 N–H and O–H groups in total. The normalized spacial score (nSPS) is 21.9. The van der Waals surface area contributed by atoms with Gasteiger partial charge in [0.2, 0.25) is 15.2 Å². The van der Waals surface area contributed by atoms with E-state index in [0.717, 1.165) is 37.5 Å². The molecule has 0 amide bonds. The number of sulfonamides is 1. The Labute approximate surface area is 97.9 Å². The number of rotatable bonds is 4. The van der Waals surface area contributed by atoms with E-state index < -0.39 is 10.0 Å². The average molecular weight is 263 g/mol. The number of hydrogen-bond donors (Lipinski definition) is 2. The number of nitrogens with one attached hydrogen (secondary N) is 2. The number of anilines is 1. The number of hydrogen-bond acceptors (Lipinski definition) is 7. The third-order valence-corrected chi connectivity index (χ3v) is 4.45. The highest BCUT2D eigenvalue weighted by atomic mass is 32.2. The van der Waals surface area contributed by atoms with Crippen molar-refractivity contribution in [2.45, 2.75) is 12.8 Å². The molecule has 2 heterocycles. The van der Waals surface area contributed by atoms with Gasteiger partial charge >= 0.3 is 0 Å². The van der Waals surface area contributed by atoms with E-state index in [1.165, 1.54) is 0 Å². The van der Waals surface area contributed by atoms with Gasteiger partial charge in [-0.3, -0.25) is 4.72 Å². The van der Waals surface area contributed by atoms with Crippen molar-refractivity contribution in [3.63, 3.8) is 0 Å². The second-order valence-electron chi connectivity index (χ2n) is 3.76. The summed E-state index contributed by atoms with van der Waals surface area (Å²) in [6.45, 7) is 1.74. The third kappa shape index (κ3) is 3.35. The SMILES string of the molecule is O=S(=O)(CC1CCCNC1)Nc1nnns1. The molecular weight excluding hydrogens is 250 g/mol. The van der Waals surface area contributed by atoms with Crippen molar-refractivity contribution in [1.82, 2.24) is 20.1 Å². The minimum atomic E-state index is -3.33. The van der Waals surface area contributed by atoms with Crippen LogP contribution in [0.15, 0.2) is 0 Å². The Morgan fingerprint density at radius 2 is 2.44 bits per heavy atom. The van der Waals surface area contributed by atoms with E-state index >= 15 is 0 Å². The average Bonchev–Trinajstić information content (AvgIpc) is 2.70. The number of piperidine rings is 1. The summed E-state index contributed by atoms with van der Waals surface area (Å²) in [5.74, 6) is 0.298. The Kier molecular flexibility index (Phi) is 3.66. The first-order valence-electron chi connectivity index (χ1n) is 5.02. The Bertz CT molecular complexity index is 412. The molecule has 1 aromatic rings. The molecule has 0 aliphatic carbocycles. The van der Waals surface area contributed by atoms with Crippen LogP contribution < -0.4 is 10.0 Å². The molecule has 7 nitrogen and oxygen atoms in total. The predicted molar refractivity (Wildman–Crippen MR) is 60.7 cm³/mol. The summed E-state index contributed by atoms with van der Waals surface area (Å²) >= 11 is 0.934. The Hall–Kier alpha value is -0.800. The van der Waals surface area contributed by atoms with Crippen LogP contribution in [0.5, 0.6) is 0 Å². The van der Waals surface area contributed by atoms with Crippen LogP contribution in [0, 0.1) is 5.92 Å². The molecule has 16 heavy (non-hydrogen) atoms. The van der Waals surface area contributed by atoms with Gasteiger partial charge in [0.1, 0.15) is 0 Å².